The number of ether oxygens (including phenoxy) is 1. The second kappa shape index (κ2) is 11.7. The molecule has 0 bridgehead atoms. The zero-order chi connectivity index (χ0) is 18.8. The molecular weight excluding hydrogens is 362 g/mol. The van der Waals surface area contributed by atoms with Crippen molar-refractivity contribution in [2.24, 2.45) is 0 Å². The van der Waals surface area contributed by atoms with Crippen LogP contribution in [0.4, 0.5) is 0 Å². The van der Waals surface area contributed by atoms with Gasteiger partial charge in [-0.1, -0.05) is 0 Å². The van der Waals surface area contributed by atoms with Crippen LogP contribution in [-0.4, -0.2) is 97.5 Å². The minimum Gasteiger partial charge on any atom is -0.382 e. The van der Waals surface area contributed by atoms with Crippen molar-refractivity contribution in [2.75, 3.05) is 68.9 Å². The number of rotatable bonds is 11. The highest BCUT2D eigenvalue weighted by Gasteiger charge is 2.43. The summed E-state index contributed by atoms with van der Waals surface area (Å²) in [5.41, 5.74) is 0. The van der Waals surface area contributed by atoms with Crippen LogP contribution >= 0.6 is 0 Å². The summed E-state index contributed by atoms with van der Waals surface area (Å²) in [6.45, 7) is 3.22. The fraction of sp³-hybridized carbons (Fsp3) is 1.00. The number of hydrogen-bond acceptors (Lipinski definition) is 8. The summed E-state index contributed by atoms with van der Waals surface area (Å²) in [7, 11) is 4.89. The highest BCUT2D eigenvalue weighted by Crippen LogP contribution is 2.23. The Bertz CT molecular complexity index is 349. The van der Waals surface area contributed by atoms with Gasteiger partial charge in [-0.05, 0) is 25.9 Å². The fourth-order valence-electron chi connectivity index (χ4n) is 3.18. The molecule has 1 aliphatic rings. The lowest BCUT2D eigenvalue weighted by Gasteiger charge is -2.37. The minimum atomic E-state index is -2.58. The summed E-state index contributed by atoms with van der Waals surface area (Å²) in [6, 6.07) is 1.60. The first kappa shape index (κ1) is 23.2. The summed E-state index contributed by atoms with van der Waals surface area (Å²) in [4.78, 5) is 2.40. The number of nitrogens with zero attached hydrogens (tertiary/aromatic N) is 1. The second-order valence-electron chi connectivity index (χ2n) is 6.09. The Morgan fingerprint density at radius 3 is 2.20 bits per heavy atom. The molecule has 150 valence electrons. The van der Waals surface area contributed by atoms with Gasteiger partial charge in [-0.25, -0.2) is 0 Å². The Hall–Kier alpha value is 0.114. The molecule has 1 saturated heterocycles. The summed E-state index contributed by atoms with van der Waals surface area (Å²) >= 11 is 0. The van der Waals surface area contributed by atoms with Crippen LogP contribution in [0.3, 0.4) is 0 Å². The molecule has 0 aromatic heterocycles. The summed E-state index contributed by atoms with van der Waals surface area (Å²) in [5, 5.41) is 0. The van der Waals surface area contributed by atoms with Gasteiger partial charge in [0.1, 0.15) is 0 Å². The van der Waals surface area contributed by atoms with Crippen molar-refractivity contribution in [3.8, 4) is 0 Å². The predicted octanol–water partition coefficient (Wildman–Crippen LogP) is 1.22. The summed E-state index contributed by atoms with van der Waals surface area (Å²) in [5.74, 6) is 0. The van der Waals surface area contributed by atoms with Gasteiger partial charge in [0, 0.05) is 61.3 Å². The van der Waals surface area contributed by atoms with E-state index in [0.717, 1.165) is 44.6 Å². The molecule has 1 fully saturated rings. The van der Waals surface area contributed by atoms with Gasteiger partial charge in [0.25, 0.3) is 0 Å². The Kier molecular flexibility index (Phi) is 10.9. The molecule has 0 aromatic rings. The van der Waals surface area contributed by atoms with Crippen LogP contribution in [-0.2, 0) is 31.3 Å². The van der Waals surface area contributed by atoms with Crippen LogP contribution in [0.2, 0.25) is 12.1 Å². The molecule has 0 amide bonds. The van der Waals surface area contributed by atoms with Crippen molar-refractivity contribution >= 4 is 17.6 Å². The van der Waals surface area contributed by atoms with E-state index in [1.54, 1.807) is 42.7 Å². The Labute approximate surface area is 154 Å². The lowest BCUT2D eigenvalue weighted by Crippen LogP contribution is -2.53. The Balaban J connectivity index is 2.61. The fourth-order valence-corrected chi connectivity index (χ4v) is 7.01. The predicted molar refractivity (Wildman–Crippen MR) is 98.6 cm³/mol. The van der Waals surface area contributed by atoms with Crippen LogP contribution in [0.15, 0.2) is 0 Å². The summed E-state index contributed by atoms with van der Waals surface area (Å²) in [6.07, 6.45) is 1.86. The smallest absolute Gasteiger partial charge is 0.382 e. The average molecular weight is 398 g/mol. The van der Waals surface area contributed by atoms with Gasteiger partial charge in [0.05, 0.1) is 12.7 Å². The third-order valence-corrected chi connectivity index (χ3v) is 10.4. The molecule has 0 spiro atoms. The third kappa shape index (κ3) is 6.98. The van der Waals surface area contributed by atoms with E-state index in [4.69, 9.17) is 31.3 Å². The van der Waals surface area contributed by atoms with Crippen LogP contribution in [0.5, 0.6) is 0 Å². The topological polar surface area (TPSA) is 67.9 Å². The largest absolute Gasteiger partial charge is 0.500 e. The van der Waals surface area contributed by atoms with Crippen molar-refractivity contribution in [1.29, 1.82) is 0 Å². The van der Waals surface area contributed by atoms with E-state index in [0.29, 0.717) is 6.61 Å². The lowest BCUT2D eigenvalue weighted by atomic mass is 10.3. The first-order valence-electron chi connectivity index (χ1n) is 8.67. The molecule has 0 aliphatic carbocycles. The van der Waals surface area contributed by atoms with E-state index in [1.165, 1.54) is 0 Å². The molecule has 1 unspecified atom stereocenters. The van der Waals surface area contributed by atoms with E-state index in [9.17, 15) is 0 Å². The van der Waals surface area contributed by atoms with Gasteiger partial charge >= 0.3 is 17.6 Å². The molecule has 1 aliphatic heterocycles. The van der Waals surface area contributed by atoms with Crippen molar-refractivity contribution < 1.29 is 31.3 Å². The van der Waals surface area contributed by atoms with E-state index in [2.05, 4.69) is 4.90 Å². The molecule has 1 rings (SSSR count). The van der Waals surface area contributed by atoms with Crippen molar-refractivity contribution in [3.63, 3.8) is 0 Å². The van der Waals surface area contributed by atoms with E-state index in [1.807, 2.05) is 0 Å². The maximum absolute atomic E-state index is 6.22. The number of hydrogen-bond donors (Lipinski definition) is 0. The zero-order valence-corrected chi connectivity index (χ0v) is 18.5. The molecule has 0 radical (unpaired) electrons. The molecule has 10 heteroatoms. The summed E-state index contributed by atoms with van der Waals surface area (Å²) < 4.78 is 39.3. The second-order valence-corrected chi connectivity index (χ2v) is 12.1. The van der Waals surface area contributed by atoms with Crippen LogP contribution in [0, 0.1) is 0 Å². The van der Waals surface area contributed by atoms with Crippen LogP contribution < -0.4 is 0 Å². The highest BCUT2D eigenvalue weighted by atomic mass is 28.4. The van der Waals surface area contributed by atoms with Gasteiger partial charge in [0.2, 0.25) is 0 Å². The average Bonchev–Trinajstić information content (AvgIpc) is 2.62. The molecule has 8 nitrogen and oxygen atoms in total. The maximum atomic E-state index is 6.22. The standard InChI is InChI=1S/C15H35NO7Si2/c1-17-14-15-13-16(9-7-11-24(18-2,19-3)20-4)10-8-12-25(21-5,22-6)23-15/h15H,7-14H2,1-6H3. The normalized spacial score (nSPS) is 22.6. The minimum absolute atomic E-state index is 0.0638. The van der Waals surface area contributed by atoms with Gasteiger partial charge in [0.15, 0.2) is 0 Å². The zero-order valence-electron chi connectivity index (χ0n) is 16.5. The van der Waals surface area contributed by atoms with Gasteiger partial charge in [-0.2, -0.15) is 0 Å². The van der Waals surface area contributed by atoms with Gasteiger partial charge in [-0.15, -0.1) is 0 Å². The van der Waals surface area contributed by atoms with E-state index >= 15 is 0 Å². The monoisotopic (exact) mass is 397 g/mol. The molecular formula is C15H35NO7Si2. The number of methoxy groups -OCH3 is 1. The molecule has 25 heavy (non-hydrogen) atoms. The van der Waals surface area contributed by atoms with Crippen molar-refractivity contribution in [2.45, 2.75) is 31.0 Å². The quantitative estimate of drug-likeness (QED) is 0.482. The Morgan fingerprint density at radius 1 is 1.04 bits per heavy atom. The van der Waals surface area contributed by atoms with E-state index in [-0.39, 0.29) is 6.10 Å². The third-order valence-electron chi connectivity index (χ3n) is 4.63. The van der Waals surface area contributed by atoms with Crippen LogP contribution in [0.1, 0.15) is 12.8 Å². The molecule has 1 atom stereocenters. The first-order valence-corrected chi connectivity index (χ1v) is 12.5. The first-order chi connectivity index (χ1) is 12.0. The Morgan fingerprint density at radius 2 is 1.68 bits per heavy atom. The SMILES string of the molecule is COCC1CN(CCC[Si](OC)(OC)OC)CCC[Si](OC)(OC)O1. The van der Waals surface area contributed by atoms with Crippen molar-refractivity contribution in [3.05, 3.63) is 0 Å². The van der Waals surface area contributed by atoms with Crippen molar-refractivity contribution in [1.82, 2.24) is 4.90 Å². The lowest BCUT2D eigenvalue weighted by molar-refractivity contribution is -0.0106. The molecule has 0 saturated carbocycles. The van der Waals surface area contributed by atoms with Gasteiger partial charge < -0.3 is 36.2 Å². The van der Waals surface area contributed by atoms with Crippen LogP contribution in [0.25, 0.3) is 0 Å². The molecule has 0 N–H and O–H groups in total. The maximum Gasteiger partial charge on any atom is 0.500 e. The highest BCUT2D eigenvalue weighted by molar-refractivity contribution is 6.61. The molecule has 0 aromatic carbocycles. The van der Waals surface area contributed by atoms with E-state index < -0.39 is 17.6 Å². The molecule has 1 heterocycles. The van der Waals surface area contributed by atoms with Gasteiger partial charge in [-0.3, -0.25) is 0 Å².